The number of benzene rings is 1. The lowest BCUT2D eigenvalue weighted by molar-refractivity contribution is -0.123. The third-order valence-electron chi connectivity index (χ3n) is 3.30. The molecule has 2 atom stereocenters. The first-order valence-electron chi connectivity index (χ1n) is 5.41. The van der Waals surface area contributed by atoms with Crippen LogP contribution in [-0.4, -0.2) is 22.9 Å². The molecule has 1 aliphatic heterocycles. The summed E-state index contributed by atoms with van der Waals surface area (Å²) in [7, 11) is 0. The van der Waals surface area contributed by atoms with Crippen molar-refractivity contribution in [2.24, 2.45) is 11.8 Å². The van der Waals surface area contributed by atoms with E-state index in [1.54, 1.807) is 6.07 Å². The number of carbonyl (C=O) groups is 3. The van der Waals surface area contributed by atoms with Gasteiger partial charge in [-0.05, 0) is 40.5 Å². The van der Waals surface area contributed by atoms with E-state index in [4.69, 9.17) is 5.11 Å². The number of carboxylic acids is 1. The summed E-state index contributed by atoms with van der Waals surface area (Å²) in [6.45, 7) is 0. The van der Waals surface area contributed by atoms with E-state index in [0.717, 1.165) is 4.90 Å². The predicted molar refractivity (Wildman–Crippen MR) is 65.2 cm³/mol. The number of rotatable bonds is 2. The number of piperidine rings is 1. The van der Waals surface area contributed by atoms with Crippen molar-refractivity contribution >= 4 is 39.4 Å². The molecule has 18 heavy (non-hydrogen) atoms. The number of halogens is 1. The quantitative estimate of drug-likeness (QED) is 0.843. The number of imide groups is 1. The van der Waals surface area contributed by atoms with Gasteiger partial charge in [0.1, 0.15) is 0 Å². The zero-order valence-corrected chi connectivity index (χ0v) is 10.7. The van der Waals surface area contributed by atoms with Gasteiger partial charge in [0.25, 0.3) is 0 Å². The van der Waals surface area contributed by atoms with Gasteiger partial charge in [0.2, 0.25) is 11.8 Å². The highest BCUT2D eigenvalue weighted by Gasteiger charge is 2.59. The van der Waals surface area contributed by atoms with Gasteiger partial charge in [0, 0.05) is 4.47 Å². The van der Waals surface area contributed by atoms with Gasteiger partial charge in [-0.3, -0.25) is 14.5 Å². The van der Waals surface area contributed by atoms with Gasteiger partial charge in [-0.2, -0.15) is 0 Å². The minimum absolute atomic E-state index is 0.0358. The van der Waals surface area contributed by atoms with Crippen molar-refractivity contribution in [1.29, 1.82) is 0 Å². The summed E-state index contributed by atoms with van der Waals surface area (Å²) in [5, 5.41) is 9.01. The molecule has 1 saturated carbocycles. The largest absolute Gasteiger partial charge is 0.478 e. The zero-order chi connectivity index (χ0) is 13.0. The molecule has 1 aromatic rings. The number of carboxylic acid groups (broad SMARTS) is 1. The number of hydrogen-bond donors (Lipinski definition) is 1. The van der Waals surface area contributed by atoms with Crippen LogP contribution in [-0.2, 0) is 9.59 Å². The number of amides is 2. The van der Waals surface area contributed by atoms with Crippen molar-refractivity contribution in [2.45, 2.75) is 6.42 Å². The molecule has 0 spiro atoms. The van der Waals surface area contributed by atoms with Gasteiger partial charge in [0.15, 0.2) is 0 Å². The monoisotopic (exact) mass is 309 g/mol. The van der Waals surface area contributed by atoms with E-state index in [-0.39, 0.29) is 29.2 Å². The number of nitrogens with zero attached hydrogens (tertiary/aromatic N) is 1. The van der Waals surface area contributed by atoms with E-state index in [1.165, 1.54) is 12.1 Å². The molecular formula is C12H8BrNO4. The van der Waals surface area contributed by atoms with Crippen molar-refractivity contribution in [2.75, 3.05) is 4.90 Å². The van der Waals surface area contributed by atoms with Crippen molar-refractivity contribution < 1.29 is 19.5 Å². The molecule has 2 aliphatic rings. The Labute approximate surface area is 111 Å². The van der Waals surface area contributed by atoms with Crippen molar-refractivity contribution in [3.8, 4) is 0 Å². The van der Waals surface area contributed by atoms with Crippen LogP contribution in [0.1, 0.15) is 16.8 Å². The van der Waals surface area contributed by atoms with Gasteiger partial charge in [-0.1, -0.05) is 0 Å². The fourth-order valence-corrected chi connectivity index (χ4v) is 2.67. The second-order valence-corrected chi connectivity index (χ2v) is 5.28. The molecule has 1 N–H and O–H groups in total. The van der Waals surface area contributed by atoms with E-state index >= 15 is 0 Å². The lowest BCUT2D eigenvalue weighted by Crippen LogP contribution is -2.32. The standard InChI is InChI=1S/C12H8BrNO4/c13-9-2-1-5(3-8(9)12(17)18)14-10(15)6-4-7(6)11(14)16/h1-3,6-7H,4H2,(H,17,18). The number of fused-ring (bicyclic) bond motifs is 1. The van der Waals surface area contributed by atoms with Crippen LogP contribution in [0.3, 0.4) is 0 Å². The van der Waals surface area contributed by atoms with Crippen LogP contribution in [0.15, 0.2) is 22.7 Å². The Morgan fingerprint density at radius 3 is 2.44 bits per heavy atom. The smallest absolute Gasteiger partial charge is 0.336 e. The predicted octanol–water partition coefficient (Wildman–Crippen LogP) is 1.66. The molecule has 6 heteroatoms. The average Bonchev–Trinajstić information content (AvgIpc) is 3.06. The van der Waals surface area contributed by atoms with E-state index in [9.17, 15) is 14.4 Å². The Bertz CT molecular complexity index is 578. The highest BCUT2D eigenvalue weighted by molar-refractivity contribution is 9.10. The molecule has 3 rings (SSSR count). The summed E-state index contributed by atoms with van der Waals surface area (Å²) < 4.78 is 0.419. The molecule has 92 valence electrons. The third-order valence-corrected chi connectivity index (χ3v) is 4.00. The topological polar surface area (TPSA) is 74.7 Å². The highest BCUT2D eigenvalue weighted by Crippen LogP contribution is 2.48. The van der Waals surface area contributed by atoms with Gasteiger partial charge in [-0.25, -0.2) is 4.79 Å². The van der Waals surface area contributed by atoms with E-state index in [2.05, 4.69) is 15.9 Å². The third kappa shape index (κ3) is 1.49. The summed E-state index contributed by atoms with van der Waals surface area (Å²) >= 11 is 3.12. The van der Waals surface area contributed by atoms with Gasteiger partial charge < -0.3 is 5.11 Å². The Hall–Kier alpha value is -1.69. The first-order chi connectivity index (χ1) is 8.50. The summed E-state index contributed by atoms with van der Waals surface area (Å²) in [6.07, 6.45) is 0.635. The van der Waals surface area contributed by atoms with Crippen molar-refractivity contribution in [3.63, 3.8) is 0 Å². The molecular weight excluding hydrogens is 302 g/mol. The summed E-state index contributed by atoms with van der Waals surface area (Å²) in [4.78, 5) is 35.8. The maximum absolute atomic E-state index is 11.9. The van der Waals surface area contributed by atoms with Crippen LogP contribution < -0.4 is 4.90 Å². The molecule has 1 aliphatic carbocycles. The van der Waals surface area contributed by atoms with Gasteiger partial charge >= 0.3 is 5.97 Å². The Kier molecular flexibility index (Phi) is 2.31. The zero-order valence-electron chi connectivity index (χ0n) is 9.09. The summed E-state index contributed by atoms with van der Waals surface area (Å²) in [5.74, 6) is -1.91. The average molecular weight is 310 g/mol. The molecule has 2 unspecified atom stereocenters. The fraction of sp³-hybridized carbons (Fsp3) is 0.250. The maximum Gasteiger partial charge on any atom is 0.336 e. The molecule has 2 amide bonds. The molecule has 2 fully saturated rings. The molecule has 0 radical (unpaired) electrons. The van der Waals surface area contributed by atoms with Crippen LogP contribution in [0.4, 0.5) is 5.69 Å². The molecule has 0 bridgehead atoms. The first kappa shape index (κ1) is 11.4. The Morgan fingerprint density at radius 2 is 1.89 bits per heavy atom. The minimum atomic E-state index is -1.10. The van der Waals surface area contributed by atoms with Crippen LogP contribution in [0.2, 0.25) is 0 Å². The first-order valence-corrected chi connectivity index (χ1v) is 6.20. The normalized spacial score (nSPS) is 25.3. The van der Waals surface area contributed by atoms with Crippen LogP contribution in [0.5, 0.6) is 0 Å². The van der Waals surface area contributed by atoms with Crippen LogP contribution in [0.25, 0.3) is 0 Å². The summed E-state index contributed by atoms with van der Waals surface area (Å²) in [6, 6.07) is 4.44. The van der Waals surface area contributed by atoms with E-state index in [0.29, 0.717) is 16.6 Å². The molecule has 0 aromatic heterocycles. The Balaban J connectivity index is 2.03. The van der Waals surface area contributed by atoms with Crippen molar-refractivity contribution in [3.05, 3.63) is 28.2 Å². The molecule has 1 aromatic carbocycles. The second kappa shape index (κ2) is 3.65. The lowest BCUT2D eigenvalue weighted by Gasteiger charge is -2.17. The summed E-state index contributed by atoms with van der Waals surface area (Å²) in [5.41, 5.74) is 0.367. The Morgan fingerprint density at radius 1 is 1.28 bits per heavy atom. The second-order valence-electron chi connectivity index (χ2n) is 4.43. The molecule has 1 saturated heterocycles. The number of anilines is 1. The van der Waals surface area contributed by atoms with Crippen LogP contribution >= 0.6 is 15.9 Å². The number of carbonyl (C=O) groups excluding carboxylic acids is 2. The van der Waals surface area contributed by atoms with Crippen molar-refractivity contribution in [1.82, 2.24) is 0 Å². The molecule has 1 heterocycles. The maximum atomic E-state index is 11.9. The van der Waals surface area contributed by atoms with E-state index < -0.39 is 5.97 Å². The minimum Gasteiger partial charge on any atom is -0.478 e. The van der Waals surface area contributed by atoms with E-state index in [1.807, 2.05) is 0 Å². The van der Waals surface area contributed by atoms with Crippen LogP contribution in [0, 0.1) is 11.8 Å². The number of aromatic carboxylic acids is 1. The highest BCUT2D eigenvalue weighted by atomic mass is 79.9. The van der Waals surface area contributed by atoms with Gasteiger partial charge in [-0.15, -0.1) is 0 Å². The number of hydrogen-bond acceptors (Lipinski definition) is 3. The SMILES string of the molecule is O=C(O)c1cc(N2C(=O)C3CC3C2=O)ccc1Br. The lowest BCUT2D eigenvalue weighted by atomic mass is 10.2. The fourth-order valence-electron chi connectivity index (χ4n) is 2.25. The van der Waals surface area contributed by atoms with Gasteiger partial charge in [0.05, 0.1) is 23.1 Å². The molecule has 5 nitrogen and oxygen atoms in total.